The van der Waals surface area contributed by atoms with E-state index < -0.39 is 6.04 Å². The van der Waals surface area contributed by atoms with Crippen molar-refractivity contribution < 1.29 is 4.79 Å². The number of carbonyl (C=O) groups excluding carboxylic acids is 1. The molecule has 2 aromatic carbocycles. The first-order valence-electron chi connectivity index (χ1n) is 8.41. The van der Waals surface area contributed by atoms with Gasteiger partial charge in [-0.05, 0) is 61.4 Å². The van der Waals surface area contributed by atoms with Crippen LogP contribution in [0.15, 0.2) is 42.5 Å². The van der Waals surface area contributed by atoms with Crippen LogP contribution in [-0.4, -0.2) is 26.1 Å². The summed E-state index contributed by atoms with van der Waals surface area (Å²) in [6.07, 6.45) is 0.549. The van der Waals surface area contributed by atoms with E-state index in [9.17, 15) is 4.79 Å². The zero-order valence-corrected chi connectivity index (χ0v) is 15.7. The highest BCUT2D eigenvalue weighted by Gasteiger charge is 2.22. The first-order valence-corrected chi connectivity index (χ1v) is 8.79. The second-order valence-corrected chi connectivity index (χ2v) is 6.61. The molecule has 1 aromatic heterocycles. The van der Waals surface area contributed by atoms with Crippen LogP contribution in [0, 0.1) is 13.8 Å². The number of halogens is 1. The number of benzene rings is 2. The van der Waals surface area contributed by atoms with E-state index in [2.05, 4.69) is 20.7 Å². The lowest BCUT2D eigenvalue weighted by Gasteiger charge is -2.15. The minimum Gasteiger partial charge on any atom is -0.324 e. The van der Waals surface area contributed by atoms with Crippen LogP contribution < -0.4 is 5.32 Å². The Morgan fingerprint density at radius 3 is 2.58 bits per heavy atom. The van der Waals surface area contributed by atoms with E-state index in [0.29, 0.717) is 17.3 Å². The minimum absolute atomic E-state index is 0.167. The molecule has 0 spiro atoms. The summed E-state index contributed by atoms with van der Waals surface area (Å²) in [6.45, 7) is 5.90. The lowest BCUT2D eigenvalue weighted by Crippen LogP contribution is -2.27. The summed E-state index contributed by atoms with van der Waals surface area (Å²) in [5.74, 6) is 0.291. The van der Waals surface area contributed by atoms with Gasteiger partial charge in [-0.25, -0.2) is 0 Å². The monoisotopic (exact) mass is 369 g/mol. The quantitative estimate of drug-likeness (QED) is 0.731. The van der Waals surface area contributed by atoms with Gasteiger partial charge in [-0.2, -0.15) is 4.80 Å². The van der Waals surface area contributed by atoms with E-state index in [4.69, 9.17) is 11.6 Å². The maximum Gasteiger partial charge on any atom is 0.251 e. The standard InChI is InChI=1S/C19H20ClN5O/c1-4-17(19(26)21-16-10-5-12(2)11-13(16)3)25-23-18(22-24-25)14-6-8-15(20)9-7-14/h5-11,17H,4H2,1-3H3,(H,21,26). The van der Waals surface area contributed by atoms with E-state index in [1.54, 1.807) is 12.1 Å². The van der Waals surface area contributed by atoms with Crippen LogP contribution in [0.25, 0.3) is 11.4 Å². The molecular weight excluding hydrogens is 350 g/mol. The van der Waals surface area contributed by atoms with Crippen molar-refractivity contribution in [1.29, 1.82) is 0 Å². The zero-order valence-electron chi connectivity index (χ0n) is 14.9. The number of hydrogen-bond acceptors (Lipinski definition) is 4. The molecule has 0 aliphatic carbocycles. The van der Waals surface area contributed by atoms with Crippen molar-refractivity contribution in [2.24, 2.45) is 0 Å². The molecule has 1 amide bonds. The van der Waals surface area contributed by atoms with Gasteiger partial charge in [-0.1, -0.05) is 36.2 Å². The lowest BCUT2D eigenvalue weighted by atomic mass is 10.1. The molecule has 3 aromatic rings. The van der Waals surface area contributed by atoms with Crippen LogP contribution in [0.3, 0.4) is 0 Å². The SMILES string of the molecule is CCC(C(=O)Nc1ccc(C)cc1C)n1nnc(-c2ccc(Cl)cc2)n1. The molecule has 0 bridgehead atoms. The third kappa shape index (κ3) is 3.91. The highest BCUT2D eigenvalue weighted by molar-refractivity contribution is 6.30. The fourth-order valence-electron chi connectivity index (χ4n) is 2.70. The number of hydrogen-bond donors (Lipinski definition) is 1. The van der Waals surface area contributed by atoms with Gasteiger partial charge in [0, 0.05) is 16.3 Å². The summed E-state index contributed by atoms with van der Waals surface area (Å²) in [5.41, 5.74) is 3.75. The Balaban J connectivity index is 1.80. The maximum atomic E-state index is 12.7. The smallest absolute Gasteiger partial charge is 0.251 e. The van der Waals surface area contributed by atoms with Crippen molar-refractivity contribution in [3.8, 4) is 11.4 Å². The van der Waals surface area contributed by atoms with Crippen molar-refractivity contribution in [2.45, 2.75) is 33.2 Å². The molecule has 6 nitrogen and oxygen atoms in total. The van der Waals surface area contributed by atoms with Gasteiger partial charge in [-0.15, -0.1) is 10.2 Å². The van der Waals surface area contributed by atoms with Crippen molar-refractivity contribution in [3.63, 3.8) is 0 Å². The van der Waals surface area contributed by atoms with Crippen LogP contribution >= 0.6 is 11.6 Å². The number of nitrogens with one attached hydrogen (secondary N) is 1. The van der Waals surface area contributed by atoms with Crippen LogP contribution in [0.1, 0.15) is 30.5 Å². The van der Waals surface area contributed by atoms with Crippen LogP contribution in [0.2, 0.25) is 5.02 Å². The van der Waals surface area contributed by atoms with Crippen molar-refractivity contribution >= 4 is 23.2 Å². The second-order valence-electron chi connectivity index (χ2n) is 6.17. The predicted molar refractivity (Wildman–Crippen MR) is 102 cm³/mol. The highest BCUT2D eigenvalue weighted by atomic mass is 35.5. The van der Waals surface area contributed by atoms with Gasteiger partial charge in [0.25, 0.3) is 5.91 Å². The number of carbonyl (C=O) groups is 1. The van der Waals surface area contributed by atoms with Gasteiger partial charge < -0.3 is 5.32 Å². The van der Waals surface area contributed by atoms with E-state index in [1.807, 2.05) is 51.1 Å². The zero-order chi connectivity index (χ0) is 18.7. The van der Waals surface area contributed by atoms with Gasteiger partial charge in [-0.3, -0.25) is 4.79 Å². The van der Waals surface area contributed by atoms with Crippen molar-refractivity contribution in [2.75, 3.05) is 5.32 Å². The molecule has 0 saturated carbocycles. The summed E-state index contributed by atoms with van der Waals surface area (Å²) in [4.78, 5) is 14.1. The fourth-order valence-corrected chi connectivity index (χ4v) is 2.82. The van der Waals surface area contributed by atoms with E-state index in [0.717, 1.165) is 22.4 Å². The number of rotatable bonds is 5. The summed E-state index contributed by atoms with van der Waals surface area (Å²) in [7, 11) is 0. The van der Waals surface area contributed by atoms with Gasteiger partial charge in [0.2, 0.25) is 5.82 Å². The summed E-state index contributed by atoms with van der Waals surface area (Å²) >= 11 is 5.90. The Kier molecular flexibility index (Phi) is 5.32. The average molecular weight is 370 g/mol. The summed E-state index contributed by atoms with van der Waals surface area (Å²) < 4.78 is 0. The van der Waals surface area contributed by atoms with Crippen molar-refractivity contribution in [3.05, 3.63) is 58.6 Å². The van der Waals surface area contributed by atoms with Crippen LogP contribution in [0.5, 0.6) is 0 Å². The third-order valence-corrected chi connectivity index (χ3v) is 4.39. The van der Waals surface area contributed by atoms with Gasteiger partial charge in [0.15, 0.2) is 6.04 Å². The molecule has 0 radical (unpaired) electrons. The largest absolute Gasteiger partial charge is 0.324 e. The third-order valence-electron chi connectivity index (χ3n) is 4.14. The molecule has 0 aliphatic rings. The Morgan fingerprint density at radius 2 is 1.92 bits per heavy atom. The number of amides is 1. The fraction of sp³-hybridized carbons (Fsp3) is 0.263. The molecule has 0 fully saturated rings. The number of anilines is 1. The molecule has 3 rings (SSSR count). The molecule has 1 unspecified atom stereocenters. The Labute approximate surface area is 157 Å². The minimum atomic E-state index is -0.538. The van der Waals surface area contributed by atoms with Crippen molar-refractivity contribution in [1.82, 2.24) is 20.2 Å². The summed E-state index contributed by atoms with van der Waals surface area (Å²) in [5, 5.41) is 16.1. The Morgan fingerprint density at radius 1 is 1.19 bits per heavy atom. The molecule has 1 heterocycles. The van der Waals surface area contributed by atoms with E-state index in [-0.39, 0.29) is 5.91 Å². The van der Waals surface area contributed by atoms with E-state index >= 15 is 0 Å². The van der Waals surface area contributed by atoms with Gasteiger partial charge >= 0.3 is 0 Å². The second kappa shape index (κ2) is 7.66. The molecule has 134 valence electrons. The first-order chi connectivity index (χ1) is 12.5. The first kappa shape index (κ1) is 18.1. The molecule has 0 aliphatic heterocycles. The van der Waals surface area contributed by atoms with Gasteiger partial charge in [0.05, 0.1) is 0 Å². The lowest BCUT2D eigenvalue weighted by molar-refractivity contribution is -0.120. The Bertz CT molecular complexity index is 920. The van der Waals surface area contributed by atoms with Gasteiger partial charge in [0.1, 0.15) is 0 Å². The topological polar surface area (TPSA) is 72.7 Å². The highest BCUT2D eigenvalue weighted by Crippen LogP contribution is 2.21. The number of tetrazole rings is 1. The normalized spacial score (nSPS) is 12.0. The predicted octanol–water partition coefficient (Wildman–Crippen LogP) is 4.20. The van der Waals surface area contributed by atoms with Crippen LogP contribution in [0.4, 0.5) is 5.69 Å². The molecular formula is C19H20ClN5O. The summed E-state index contributed by atoms with van der Waals surface area (Å²) in [6, 6.07) is 12.5. The maximum absolute atomic E-state index is 12.7. The molecule has 26 heavy (non-hydrogen) atoms. The van der Waals surface area contributed by atoms with Crippen LogP contribution in [-0.2, 0) is 4.79 Å². The average Bonchev–Trinajstić information content (AvgIpc) is 3.08. The number of aryl methyl sites for hydroxylation is 2. The number of nitrogens with zero attached hydrogens (tertiary/aromatic N) is 4. The molecule has 0 saturated heterocycles. The molecule has 7 heteroatoms. The Hall–Kier alpha value is -2.73. The molecule has 1 N–H and O–H groups in total. The molecule has 1 atom stereocenters. The van der Waals surface area contributed by atoms with E-state index in [1.165, 1.54) is 4.80 Å². The number of aromatic nitrogens is 4.